The summed E-state index contributed by atoms with van der Waals surface area (Å²) in [5.41, 5.74) is 5.24. The molecule has 4 aromatic rings. The average molecular weight is 398 g/mol. The van der Waals surface area contributed by atoms with E-state index >= 15 is 0 Å². The quantitative estimate of drug-likeness (QED) is 0.543. The molecule has 150 valence electrons. The van der Waals surface area contributed by atoms with Crippen LogP contribution in [-0.4, -0.2) is 20.7 Å². The molecule has 1 N–H and O–H groups in total. The average Bonchev–Trinajstić information content (AvgIpc) is 3.45. The van der Waals surface area contributed by atoms with Gasteiger partial charge in [0.2, 0.25) is 5.82 Å². The fourth-order valence-electron chi connectivity index (χ4n) is 3.98. The number of furan rings is 1. The van der Waals surface area contributed by atoms with Crippen LogP contribution < -0.4 is 5.32 Å². The molecule has 2 heterocycles. The van der Waals surface area contributed by atoms with Gasteiger partial charge in [0.15, 0.2) is 5.82 Å². The van der Waals surface area contributed by atoms with Crippen molar-refractivity contribution in [1.29, 1.82) is 0 Å². The van der Waals surface area contributed by atoms with Crippen molar-refractivity contribution in [3.63, 3.8) is 0 Å². The van der Waals surface area contributed by atoms with Gasteiger partial charge in [-0.2, -0.15) is 0 Å². The maximum absolute atomic E-state index is 13.1. The topological polar surface area (TPSA) is 73.0 Å². The number of amides is 1. The van der Waals surface area contributed by atoms with Crippen LogP contribution in [0.2, 0.25) is 0 Å². The fraction of sp³-hybridized carbons (Fsp3) is 0.208. The number of hydrogen-bond donors (Lipinski definition) is 1. The number of fused-ring (bicyclic) bond motifs is 1. The minimum atomic E-state index is -0.271. The van der Waals surface area contributed by atoms with Crippen molar-refractivity contribution >= 4 is 5.91 Å². The summed E-state index contributed by atoms with van der Waals surface area (Å²) in [6.07, 6.45) is 6.20. The second-order valence-electron chi connectivity index (χ2n) is 7.64. The van der Waals surface area contributed by atoms with Crippen molar-refractivity contribution in [2.75, 3.05) is 0 Å². The SMILES string of the molecule is Cc1ccc(-n2nc(C(=O)N[C@@H]3CCCc4ccccc43)nc2-c2ccoc2)cc1. The van der Waals surface area contributed by atoms with Gasteiger partial charge in [-0.25, -0.2) is 9.67 Å². The number of carbonyl (C=O) groups is 1. The van der Waals surface area contributed by atoms with Crippen molar-refractivity contribution in [2.45, 2.75) is 32.2 Å². The molecule has 0 saturated carbocycles. The molecule has 1 aliphatic carbocycles. The number of carbonyl (C=O) groups excluding carboxylic acids is 1. The first-order chi connectivity index (χ1) is 14.7. The van der Waals surface area contributed by atoms with Crippen LogP contribution in [0, 0.1) is 6.92 Å². The van der Waals surface area contributed by atoms with Crippen LogP contribution in [0.3, 0.4) is 0 Å². The van der Waals surface area contributed by atoms with E-state index in [1.807, 2.05) is 49.4 Å². The molecule has 5 rings (SSSR count). The first kappa shape index (κ1) is 18.4. The van der Waals surface area contributed by atoms with E-state index in [0.717, 1.165) is 36.1 Å². The Hall–Kier alpha value is -3.67. The van der Waals surface area contributed by atoms with Gasteiger partial charge in [-0.3, -0.25) is 4.79 Å². The highest BCUT2D eigenvalue weighted by Crippen LogP contribution is 2.30. The Bertz CT molecular complexity index is 1180. The molecule has 0 spiro atoms. The van der Waals surface area contributed by atoms with Gasteiger partial charge in [0.25, 0.3) is 5.91 Å². The summed E-state index contributed by atoms with van der Waals surface area (Å²) < 4.78 is 6.92. The summed E-state index contributed by atoms with van der Waals surface area (Å²) in [5.74, 6) is 0.448. The zero-order valence-corrected chi connectivity index (χ0v) is 16.7. The molecule has 0 fully saturated rings. The number of aryl methyl sites for hydroxylation is 2. The maximum atomic E-state index is 13.1. The highest BCUT2D eigenvalue weighted by Gasteiger charge is 2.25. The van der Waals surface area contributed by atoms with Crippen LogP contribution in [0.1, 0.15) is 46.2 Å². The second-order valence-corrected chi connectivity index (χ2v) is 7.64. The number of nitrogens with one attached hydrogen (secondary N) is 1. The zero-order valence-electron chi connectivity index (χ0n) is 16.7. The Balaban J connectivity index is 1.48. The van der Waals surface area contributed by atoms with Crippen LogP contribution in [-0.2, 0) is 6.42 Å². The molecule has 0 unspecified atom stereocenters. The number of benzene rings is 2. The van der Waals surface area contributed by atoms with E-state index in [2.05, 4.69) is 27.5 Å². The van der Waals surface area contributed by atoms with Crippen molar-refractivity contribution < 1.29 is 9.21 Å². The molecule has 1 atom stereocenters. The molecule has 0 bridgehead atoms. The van der Waals surface area contributed by atoms with Gasteiger partial charge in [0.05, 0.1) is 23.6 Å². The number of nitrogens with zero attached hydrogens (tertiary/aromatic N) is 3. The third kappa shape index (κ3) is 3.41. The predicted octanol–water partition coefficient (Wildman–Crippen LogP) is 4.64. The molecular formula is C24H22N4O2. The summed E-state index contributed by atoms with van der Waals surface area (Å²) in [6, 6.07) is 18.0. The number of rotatable bonds is 4. The molecule has 0 saturated heterocycles. The predicted molar refractivity (Wildman–Crippen MR) is 113 cm³/mol. The molecular weight excluding hydrogens is 376 g/mol. The van der Waals surface area contributed by atoms with E-state index < -0.39 is 0 Å². The third-order valence-corrected chi connectivity index (χ3v) is 5.54. The smallest absolute Gasteiger partial charge is 0.291 e. The highest BCUT2D eigenvalue weighted by atomic mass is 16.3. The standard InChI is InChI=1S/C24H22N4O2/c1-16-9-11-19(12-10-16)28-23(18-13-14-30-15-18)26-22(27-28)24(29)25-21-8-4-6-17-5-2-3-7-20(17)21/h2-3,5,7,9-15,21H,4,6,8H2,1H3,(H,25,29)/t21-/m1/s1. The van der Waals surface area contributed by atoms with E-state index in [9.17, 15) is 4.79 Å². The third-order valence-electron chi connectivity index (χ3n) is 5.54. The van der Waals surface area contributed by atoms with Crippen LogP contribution in [0.5, 0.6) is 0 Å². The zero-order chi connectivity index (χ0) is 20.5. The Morgan fingerprint density at radius 1 is 1.13 bits per heavy atom. The molecule has 6 nitrogen and oxygen atoms in total. The van der Waals surface area contributed by atoms with Gasteiger partial charge < -0.3 is 9.73 Å². The van der Waals surface area contributed by atoms with Gasteiger partial charge in [-0.05, 0) is 55.5 Å². The lowest BCUT2D eigenvalue weighted by atomic mass is 9.88. The summed E-state index contributed by atoms with van der Waals surface area (Å²) in [7, 11) is 0. The molecule has 0 aliphatic heterocycles. The minimum Gasteiger partial charge on any atom is -0.472 e. The first-order valence-electron chi connectivity index (χ1n) is 10.1. The lowest BCUT2D eigenvalue weighted by molar-refractivity contribution is 0.0922. The van der Waals surface area contributed by atoms with Gasteiger partial charge in [0.1, 0.15) is 6.26 Å². The summed E-state index contributed by atoms with van der Waals surface area (Å²) in [6.45, 7) is 2.03. The molecule has 0 radical (unpaired) electrons. The van der Waals surface area contributed by atoms with Gasteiger partial charge >= 0.3 is 0 Å². The van der Waals surface area contributed by atoms with Gasteiger partial charge in [-0.1, -0.05) is 42.0 Å². The molecule has 2 aromatic heterocycles. The van der Waals surface area contributed by atoms with Crippen molar-refractivity contribution in [1.82, 2.24) is 20.1 Å². The Labute approximate surface area is 174 Å². The van der Waals surface area contributed by atoms with Crippen LogP contribution in [0.15, 0.2) is 71.5 Å². The van der Waals surface area contributed by atoms with Crippen LogP contribution in [0.4, 0.5) is 0 Å². The largest absolute Gasteiger partial charge is 0.472 e. The fourth-order valence-corrected chi connectivity index (χ4v) is 3.98. The summed E-state index contributed by atoms with van der Waals surface area (Å²) in [5, 5.41) is 7.68. The number of aromatic nitrogens is 3. The monoisotopic (exact) mass is 398 g/mol. The van der Waals surface area contributed by atoms with Gasteiger partial charge in [0, 0.05) is 0 Å². The van der Waals surface area contributed by atoms with Crippen molar-refractivity contribution in [3.8, 4) is 17.1 Å². The highest BCUT2D eigenvalue weighted by molar-refractivity contribution is 5.91. The first-order valence-corrected chi connectivity index (χ1v) is 10.1. The Kier molecular flexibility index (Phi) is 4.67. The van der Waals surface area contributed by atoms with Crippen molar-refractivity contribution in [2.24, 2.45) is 0 Å². The van der Waals surface area contributed by atoms with Crippen LogP contribution >= 0.6 is 0 Å². The van der Waals surface area contributed by atoms with Crippen LogP contribution in [0.25, 0.3) is 17.1 Å². The molecule has 1 amide bonds. The summed E-state index contributed by atoms with van der Waals surface area (Å²) in [4.78, 5) is 17.6. The van der Waals surface area contributed by atoms with E-state index in [0.29, 0.717) is 5.82 Å². The molecule has 30 heavy (non-hydrogen) atoms. The van der Waals surface area contributed by atoms with E-state index in [-0.39, 0.29) is 17.8 Å². The molecule has 1 aliphatic rings. The molecule has 2 aromatic carbocycles. The summed E-state index contributed by atoms with van der Waals surface area (Å²) >= 11 is 0. The second kappa shape index (κ2) is 7.63. The molecule has 6 heteroatoms. The van der Waals surface area contributed by atoms with E-state index in [1.54, 1.807) is 17.2 Å². The minimum absolute atomic E-state index is 0.0221. The lowest BCUT2D eigenvalue weighted by Gasteiger charge is -2.25. The number of hydrogen-bond acceptors (Lipinski definition) is 4. The van der Waals surface area contributed by atoms with E-state index in [4.69, 9.17) is 4.42 Å². The van der Waals surface area contributed by atoms with Crippen molar-refractivity contribution in [3.05, 3.63) is 89.6 Å². The Morgan fingerprint density at radius 3 is 2.77 bits per heavy atom. The lowest BCUT2D eigenvalue weighted by Crippen LogP contribution is -2.31. The maximum Gasteiger partial charge on any atom is 0.291 e. The van der Waals surface area contributed by atoms with E-state index in [1.165, 1.54) is 11.1 Å². The Morgan fingerprint density at radius 2 is 1.97 bits per heavy atom. The normalized spacial score (nSPS) is 15.6. The van der Waals surface area contributed by atoms with Gasteiger partial charge in [-0.15, -0.1) is 5.10 Å².